The summed E-state index contributed by atoms with van der Waals surface area (Å²) in [4.78, 5) is 12.0. The monoisotopic (exact) mass is 369 g/mol. The summed E-state index contributed by atoms with van der Waals surface area (Å²) in [5.74, 6) is 0. The number of hydrogen-bond donors (Lipinski definition) is 0. The molecule has 0 amide bonds. The third kappa shape index (κ3) is 4.78. The first-order chi connectivity index (χ1) is 13.3. The molecule has 0 spiro atoms. The summed E-state index contributed by atoms with van der Waals surface area (Å²) in [6.07, 6.45) is 9.89. The molecule has 4 rings (SSSR count). The highest BCUT2D eigenvalue weighted by atomic mass is 16.6. The Labute approximate surface area is 160 Å². The topological polar surface area (TPSA) is 73.5 Å². The van der Waals surface area contributed by atoms with Crippen LogP contribution in [0.5, 0.6) is 0 Å². The summed E-state index contributed by atoms with van der Waals surface area (Å²) in [6.45, 7) is 2.83. The molecule has 1 aromatic heterocycles. The van der Waals surface area contributed by atoms with E-state index < -0.39 is 0 Å². The van der Waals surface area contributed by atoms with Gasteiger partial charge in [0.2, 0.25) is 6.35 Å². The number of hydrogen-bond acceptors (Lipinski definition) is 7. The van der Waals surface area contributed by atoms with E-state index in [9.17, 15) is 0 Å². The smallest absolute Gasteiger partial charge is 0.248 e. The van der Waals surface area contributed by atoms with Crippen LogP contribution in [0.1, 0.15) is 44.0 Å². The van der Waals surface area contributed by atoms with Gasteiger partial charge in [-0.15, -0.1) is 0 Å². The van der Waals surface area contributed by atoms with Crippen LogP contribution >= 0.6 is 0 Å². The molecule has 3 aliphatic heterocycles. The first-order valence-corrected chi connectivity index (χ1v) is 9.49. The molecule has 0 N–H and O–H groups in total. The van der Waals surface area contributed by atoms with Gasteiger partial charge in [-0.2, -0.15) is 5.10 Å². The average Bonchev–Trinajstić information content (AvgIpc) is 3.19. The summed E-state index contributed by atoms with van der Waals surface area (Å²) < 4.78 is 13.1. The van der Waals surface area contributed by atoms with Gasteiger partial charge in [0.25, 0.3) is 0 Å². The van der Waals surface area contributed by atoms with E-state index >= 15 is 0 Å². The standard InChI is InChI=1S/C18H24BN5O3/c19-14-11-20-18(26-12-14)23-7-4-15(5-8-23)22-27-13-16-6-9-24(21-16)17-3-1-2-10-25-17/h6,9,11-12,17-18H,1-5,7-8,10,13H2. The number of oxime groups is 1. The molecule has 2 saturated heterocycles. The van der Waals surface area contributed by atoms with Gasteiger partial charge in [-0.25, -0.2) is 14.6 Å². The van der Waals surface area contributed by atoms with E-state index in [1.54, 1.807) is 12.5 Å². The Morgan fingerprint density at radius 2 is 2.19 bits per heavy atom. The highest BCUT2D eigenvalue weighted by molar-refractivity contribution is 6.32. The maximum atomic E-state index is 5.74. The van der Waals surface area contributed by atoms with E-state index in [1.807, 2.05) is 16.9 Å². The molecule has 2 radical (unpaired) electrons. The highest BCUT2D eigenvalue weighted by Gasteiger charge is 2.24. The number of piperidine rings is 1. The lowest BCUT2D eigenvalue weighted by molar-refractivity contribution is -0.0400. The fourth-order valence-corrected chi connectivity index (χ4v) is 3.37. The molecular formula is C18H24BN5O3. The van der Waals surface area contributed by atoms with Gasteiger partial charge in [-0.1, -0.05) is 5.16 Å². The summed E-state index contributed by atoms with van der Waals surface area (Å²) >= 11 is 0. The second-order valence-corrected chi connectivity index (χ2v) is 6.93. The fraction of sp³-hybridized carbons (Fsp3) is 0.611. The van der Waals surface area contributed by atoms with Gasteiger partial charge >= 0.3 is 0 Å². The zero-order valence-corrected chi connectivity index (χ0v) is 15.4. The van der Waals surface area contributed by atoms with Crippen LogP contribution in [-0.2, 0) is 20.9 Å². The second kappa shape index (κ2) is 8.71. The summed E-state index contributed by atoms with van der Waals surface area (Å²) in [5, 5.41) is 8.83. The number of aliphatic imine (C=N–C) groups is 1. The molecule has 8 nitrogen and oxygen atoms in total. The Hall–Kier alpha value is -2.13. The minimum Gasteiger partial charge on any atom is -0.463 e. The molecule has 27 heavy (non-hydrogen) atoms. The molecule has 1 aromatic rings. The van der Waals surface area contributed by atoms with Gasteiger partial charge in [0.1, 0.15) is 19.8 Å². The Balaban J connectivity index is 1.21. The normalized spacial score (nSPS) is 26.4. The second-order valence-electron chi connectivity index (χ2n) is 6.93. The average molecular weight is 369 g/mol. The van der Waals surface area contributed by atoms with Crippen molar-refractivity contribution < 1.29 is 14.3 Å². The van der Waals surface area contributed by atoms with Crippen molar-refractivity contribution in [1.82, 2.24) is 14.7 Å². The summed E-state index contributed by atoms with van der Waals surface area (Å²) in [6, 6.07) is 1.96. The van der Waals surface area contributed by atoms with Crippen LogP contribution in [0.3, 0.4) is 0 Å². The van der Waals surface area contributed by atoms with Crippen molar-refractivity contribution in [3.63, 3.8) is 0 Å². The lowest BCUT2D eigenvalue weighted by atomic mass is 9.99. The molecule has 0 bridgehead atoms. The Kier molecular flexibility index (Phi) is 5.89. The number of likely N-dealkylation sites (tertiary alicyclic amines) is 1. The maximum Gasteiger partial charge on any atom is 0.248 e. The Bertz CT molecular complexity index is 716. The van der Waals surface area contributed by atoms with Crippen molar-refractivity contribution in [2.45, 2.75) is 51.3 Å². The van der Waals surface area contributed by atoms with Gasteiger partial charge in [-0.3, -0.25) is 0 Å². The first kappa shape index (κ1) is 18.2. The van der Waals surface area contributed by atoms with Crippen molar-refractivity contribution in [3.05, 3.63) is 29.7 Å². The number of ether oxygens (including phenoxy) is 2. The van der Waals surface area contributed by atoms with E-state index in [-0.39, 0.29) is 12.6 Å². The molecule has 0 aromatic carbocycles. The van der Waals surface area contributed by atoms with Gasteiger partial charge in [-0.05, 0) is 30.8 Å². The summed E-state index contributed by atoms with van der Waals surface area (Å²) in [5.41, 5.74) is 2.45. The van der Waals surface area contributed by atoms with Crippen molar-refractivity contribution in [3.8, 4) is 0 Å². The van der Waals surface area contributed by atoms with Gasteiger partial charge < -0.3 is 14.3 Å². The van der Waals surface area contributed by atoms with E-state index in [2.05, 4.69) is 20.1 Å². The predicted octanol–water partition coefficient (Wildman–Crippen LogP) is 1.95. The third-order valence-corrected chi connectivity index (χ3v) is 4.88. The van der Waals surface area contributed by atoms with E-state index in [0.29, 0.717) is 12.1 Å². The molecule has 0 saturated carbocycles. The van der Waals surface area contributed by atoms with E-state index in [1.165, 1.54) is 6.42 Å². The molecule has 4 heterocycles. The minimum atomic E-state index is -0.286. The Morgan fingerprint density at radius 1 is 1.30 bits per heavy atom. The number of allylic oxidation sites excluding steroid dienone is 1. The van der Waals surface area contributed by atoms with Crippen LogP contribution < -0.4 is 0 Å². The molecular weight excluding hydrogens is 345 g/mol. The van der Waals surface area contributed by atoms with Gasteiger partial charge in [0.15, 0.2) is 6.61 Å². The van der Waals surface area contributed by atoms with Crippen molar-refractivity contribution in [2.24, 2.45) is 10.1 Å². The van der Waals surface area contributed by atoms with E-state index in [4.69, 9.17) is 22.2 Å². The van der Waals surface area contributed by atoms with Crippen molar-refractivity contribution in [1.29, 1.82) is 0 Å². The molecule has 9 heteroatoms. The predicted molar refractivity (Wildman–Crippen MR) is 101 cm³/mol. The molecule has 3 aliphatic rings. The maximum absolute atomic E-state index is 5.74. The largest absolute Gasteiger partial charge is 0.463 e. The quantitative estimate of drug-likeness (QED) is 0.586. The van der Waals surface area contributed by atoms with E-state index in [0.717, 1.165) is 56.8 Å². The number of rotatable bonds is 5. The van der Waals surface area contributed by atoms with Gasteiger partial charge in [0, 0.05) is 44.9 Å². The lowest BCUT2D eigenvalue weighted by Crippen LogP contribution is -2.42. The van der Waals surface area contributed by atoms with Crippen LogP contribution in [0.2, 0.25) is 0 Å². The van der Waals surface area contributed by atoms with Crippen LogP contribution in [-0.4, -0.2) is 60.5 Å². The lowest BCUT2D eigenvalue weighted by Gasteiger charge is -2.32. The number of nitrogens with zero attached hydrogens (tertiary/aromatic N) is 5. The van der Waals surface area contributed by atoms with Crippen molar-refractivity contribution in [2.75, 3.05) is 19.7 Å². The third-order valence-electron chi connectivity index (χ3n) is 4.88. The fourth-order valence-electron chi connectivity index (χ4n) is 3.37. The molecule has 2 fully saturated rings. The van der Waals surface area contributed by atoms with Crippen LogP contribution in [0, 0.1) is 0 Å². The van der Waals surface area contributed by atoms with Crippen LogP contribution in [0.15, 0.2) is 34.1 Å². The first-order valence-electron chi connectivity index (χ1n) is 9.49. The zero-order valence-electron chi connectivity index (χ0n) is 15.4. The minimum absolute atomic E-state index is 0.0537. The Morgan fingerprint density at radius 3 is 2.93 bits per heavy atom. The molecule has 2 unspecified atom stereocenters. The molecule has 2 atom stereocenters. The van der Waals surface area contributed by atoms with Crippen LogP contribution in [0.4, 0.5) is 0 Å². The van der Waals surface area contributed by atoms with Gasteiger partial charge in [0.05, 0.1) is 12.0 Å². The molecule has 0 aliphatic carbocycles. The highest BCUT2D eigenvalue weighted by Crippen LogP contribution is 2.22. The SMILES string of the molecule is [B]C1=COC(N2CCC(=NOCc3ccn(C4CCCCO4)n3)CC2)N=C1. The summed E-state index contributed by atoms with van der Waals surface area (Å²) in [7, 11) is 5.61. The molecule has 142 valence electrons. The number of aromatic nitrogens is 2. The van der Waals surface area contributed by atoms with Crippen LogP contribution in [0.25, 0.3) is 0 Å². The zero-order chi connectivity index (χ0) is 18.5. The van der Waals surface area contributed by atoms with Crippen molar-refractivity contribution >= 4 is 19.8 Å².